The Morgan fingerprint density at radius 2 is 1.96 bits per heavy atom. The largest absolute Gasteiger partial charge is 0.484 e. The first-order valence-electron chi connectivity index (χ1n) is 7.47. The summed E-state index contributed by atoms with van der Waals surface area (Å²) in [7, 11) is 1.54. The Hall–Kier alpha value is -2.99. The lowest BCUT2D eigenvalue weighted by atomic mass is 10.0. The van der Waals surface area contributed by atoms with E-state index in [-0.39, 0.29) is 18.1 Å². The van der Waals surface area contributed by atoms with E-state index >= 15 is 0 Å². The molecule has 128 valence electrons. The maximum Gasteiger partial charge on any atom is 0.337 e. The molecule has 3 N–H and O–H groups in total. The molecule has 0 fully saturated rings. The van der Waals surface area contributed by atoms with Gasteiger partial charge in [-0.3, -0.25) is 4.79 Å². The summed E-state index contributed by atoms with van der Waals surface area (Å²) in [6, 6.07) is 10.5. The third kappa shape index (κ3) is 3.44. The number of carboxylic acids is 1. The lowest BCUT2D eigenvalue weighted by molar-refractivity contribution is -0.122. The number of carbonyl (C=O) groups excluding carboxylic acids is 1. The Bertz CT molecular complexity index is 948. The molecule has 3 rings (SSSR count). The van der Waals surface area contributed by atoms with Crippen molar-refractivity contribution in [1.29, 1.82) is 0 Å². The number of likely N-dealkylation sites (N-methyl/N-ethyl adjacent to an activating group) is 1. The van der Waals surface area contributed by atoms with Gasteiger partial charge < -0.3 is 20.1 Å². The van der Waals surface area contributed by atoms with Crippen molar-refractivity contribution in [2.24, 2.45) is 0 Å². The number of aromatic amines is 1. The molecule has 7 heteroatoms. The number of fused-ring (bicyclic) bond motifs is 1. The number of halogens is 1. The molecule has 0 radical (unpaired) electrons. The fourth-order valence-electron chi connectivity index (χ4n) is 2.49. The van der Waals surface area contributed by atoms with E-state index in [9.17, 15) is 14.7 Å². The smallest absolute Gasteiger partial charge is 0.337 e. The van der Waals surface area contributed by atoms with Gasteiger partial charge in [-0.05, 0) is 29.8 Å². The van der Waals surface area contributed by atoms with Crippen molar-refractivity contribution < 1.29 is 19.4 Å². The molecule has 0 aliphatic rings. The Kier molecular flexibility index (Phi) is 4.63. The van der Waals surface area contributed by atoms with Crippen LogP contribution in [0.2, 0.25) is 5.02 Å². The first-order valence-corrected chi connectivity index (χ1v) is 7.85. The van der Waals surface area contributed by atoms with Gasteiger partial charge in [0.25, 0.3) is 5.91 Å². The molecule has 0 saturated carbocycles. The molecule has 1 amide bonds. The lowest BCUT2D eigenvalue weighted by Crippen LogP contribution is -2.24. The van der Waals surface area contributed by atoms with Crippen molar-refractivity contribution in [3.8, 4) is 16.9 Å². The van der Waals surface area contributed by atoms with Gasteiger partial charge in [0.15, 0.2) is 6.61 Å². The number of benzene rings is 2. The van der Waals surface area contributed by atoms with E-state index in [2.05, 4.69) is 10.3 Å². The highest BCUT2D eigenvalue weighted by molar-refractivity contribution is 6.34. The Morgan fingerprint density at radius 3 is 2.60 bits per heavy atom. The van der Waals surface area contributed by atoms with Crippen LogP contribution in [0.3, 0.4) is 0 Å². The first kappa shape index (κ1) is 16.9. The number of amides is 1. The molecule has 0 aliphatic carbocycles. The molecular weight excluding hydrogens is 344 g/mol. The van der Waals surface area contributed by atoms with Crippen LogP contribution >= 0.6 is 11.6 Å². The maximum absolute atomic E-state index is 11.3. The molecule has 0 saturated heterocycles. The summed E-state index contributed by atoms with van der Waals surface area (Å²) in [5, 5.41) is 12.8. The number of hydrogen-bond donors (Lipinski definition) is 3. The van der Waals surface area contributed by atoms with Gasteiger partial charge in [0, 0.05) is 29.7 Å². The number of hydrogen-bond acceptors (Lipinski definition) is 3. The maximum atomic E-state index is 11.3. The highest BCUT2D eigenvalue weighted by Gasteiger charge is 2.14. The summed E-state index contributed by atoms with van der Waals surface area (Å²) in [5.41, 5.74) is 2.39. The van der Waals surface area contributed by atoms with Gasteiger partial charge in [-0.15, -0.1) is 0 Å². The van der Waals surface area contributed by atoms with Crippen molar-refractivity contribution in [3.63, 3.8) is 0 Å². The van der Waals surface area contributed by atoms with Crippen LogP contribution in [0.1, 0.15) is 10.4 Å². The van der Waals surface area contributed by atoms with Gasteiger partial charge >= 0.3 is 5.97 Å². The minimum atomic E-state index is -1.00. The SMILES string of the molecule is CNC(=O)COc1ccc(-c2cc3c(C(=O)O)c[nH]c3cc2Cl)cc1. The summed E-state index contributed by atoms with van der Waals surface area (Å²) < 4.78 is 5.36. The molecule has 6 nitrogen and oxygen atoms in total. The molecule has 0 spiro atoms. The van der Waals surface area contributed by atoms with E-state index < -0.39 is 5.97 Å². The average Bonchev–Trinajstić information content (AvgIpc) is 3.02. The fourth-order valence-corrected chi connectivity index (χ4v) is 2.77. The van der Waals surface area contributed by atoms with Crippen LogP contribution < -0.4 is 10.1 Å². The standard InChI is InChI=1S/C18H15ClN2O4/c1-20-17(22)9-25-11-4-2-10(3-5-11)12-6-13-14(18(23)24)8-21-16(13)7-15(12)19/h2-8,21H,9H2,1H3,(H,20,22)(H,23,24). The van der Waals surface area contributed by atoms with Crippen molar-refractivity contribution in [2.75, 3.05) is 13.7 Å². The molecule has 3 aromatic rings. The third-order valence-electron chi connectivity index (χ3n) is 3.81. The van der Waals surface area contributed by atoms with Crippen LogP contribution in [0, 0.1) is 0 Å². The van der Waals surface area contributed by atoms with E-state index in [1.165, 1.54) is 6.20 Å². The van der Waals surface area contributed by atoms with Gasteiger partial charge in [0.05, 0.1) is 10.6 Å². The van der Waals surface area contributed by atoms with E-state index in [0.717, 1.165) is 5.56 Å². The van der Waals surface area contributed by atoms with Crippen LogP contribution in [-0.2, 0) is 4.79 Å². The number of aromatic carboxylic acids is 1. The Morgan fingerprint density at radius 1 is 1.24 bits per heavy atom. The summed E-state index contributed by atoms with van der Waals surface area (Å²) in [5.74, 6) is -0.666. The zero-order chi connectivity index (χ0) is 18.0. The van der Waals surface area contributed by atoms with E-state index in [4.69, 9.17) is 16.3 Å². The molecule has 1 heterocycles. The monoisotopic (exact) mass is 358 g/mol. The fraction of sp³-hybridized carbons (Fsp3) is 0.111. The van der Waals surface area contributed by atoms with Crippen molar-refractivity contribution in [3.05, 3.63) is 53.2 Å². The summed E-state index contributed by atoms with van der Waals surface area (Å²) in [6.07, 6.45) is 1.45. The number of carbonyl (C=O) groups is 2. The van der Waals surface area contributed by atoms with Crippen LogP contribution in [-0.4, -0.2) is 35.6 Å². The van der Waals surface area contributed by atoms with Gasteiger partial charge in [-0.1, -0.05) is 23.7 Å². The zero-order valence-corrected chi connectivity index (χ0v) is 14.1. The Balaban J connectivity index is 1.93. The zero-order valence-electron chi connectivity index (χ0n) is 13.3. The number of aromatic nitrogens is 1. The topological polar surface area (TPSA) is 91.4 Å². The predicted molar refractivity (Wildman–Crippen MR) is 95.3 cm³/mol. The Labute approximate surface area is 148 Å². The second kappa shape index (κ2) is 6.86. The van der Waals surface area contributed by atoms with E-state index in [0.29, 0.717) is 27.2 Å². The lowest BCUT2D eigenvalue weighted by Gasteiger charge is -2.08. The second-order valence-electron chi connectivity index (χ2n) is 5.37. The molecule has 2 aromatic carbocycles. The van der Waals surface area contributed by atoms with Gasteiger partial charge in [-0.2, -0.15) is 0 Å². The first-order chi connectivity index (χ1) is 12.0. The van der Waals surface area contributed by atoms with Crippen LogP contribution in [0.4, 0.5) is 0 Å². The predicted octanol–water partition coefficient (Wildman–Crippen LogP) is 3.31. The van der Waals surface area contributed by atoms with Crippen molar-refractivity contribution in [1.82, 2.24) is 10.3 Å². The number of rotatable bonds is 5. The molecule has 0 aliphatic heterocycles. The molecule has 25 heavy (non-hydrogen) atoms. The van der Waals surface area contributed by atoms with Gasteiger partial charge in [0.2, 0.25) is 0 Å². The summed E-state index contributed by atoms with van der Waals surface area (Å²) >= 11 is 6.34. The molecular formula is C18H15ClN2O4. The minimum Gasteiger partial charge on any atom is -0.484 e. The molecule has 1 aromatic heterocycles. The van der Waals surface area contributed by atoms with E-state index in [1.807, 2.05) is 0 Å². The quantitative estimate of drug-likeness (QED) is 0.652. The second-order valence-corrected chi connectivity index (χ2v) is 5.78. The highest BCUT2D eigenvalue weighted by Crippen LogP contribution is 2.34. The van der Waals surface area contributed by atoms with Crippen LogP contribution in [0.15, 0.2) is 42.6 Å². The third-order valence-corrected chi connectivity index (χ3v) is 4.13. The van der Waals surface area contributed by atoms with Crippen LogP contribution in [0.25, 0.3) is 22.0 Å². The molecule has 0 bridgehead atoms. The van der Waals surface area contributed by atoms with Gasteiger partial charge in [-0.25, -0.2) is 4.79 Å². The summed E-state index contributed by atoms with van der Waals surface area (Å²) in [4.78, 5) is 25.4. The number of nitrogens with one attached hydrogen (secondary N) is 2. The van der Waals surface area contributed by atoms with Crippen LogP contribution in [0.5, 0.6) is 5.75 Å². The summed E-state index contributed by atoms with van der Waals surface area (Å²) in [6.45, 7) is -0.0616. The molecule has 0 unspecified atom stereocenters. The number of carboxylic acid groups (broad SMARTS) is 1. The number of ether oxygens (including phenoxy) is 1. The minimum absolute atomic E-state index is 0.0616. The number of H-pyrrole nitrogens is 1. The van der Waals surface area contributed by atoms with E-state index in [1.54, 1.807) is 43.4 Å². The van der Waals surface area contributed by atoms with Crippen molar-refractivity contribution >= 4 is 34.4 Å². The molecule has 0 atom stereocenters. The highest BCUT2D eigenvalue weighted by atomic mass is 35.5. The average molecular weight is 359 g/mol. The normalized spacial score (nSPS) is 10.6. The van der Waals surface area contributed by atoms with Crippen molar-refractivity contribution in [2.45, 2.75) is 0 Å². The van der Waals surface area contributed by atoms with Gasteiger partial charge in [0.1, 0.15) is 5.75 Å².